The summed E-state index contributed by atoms with van der Waals surface area (Å²) in [6.07, 6.45) is 4.64. The average Bonchev–Trinajstić information content (AvgIpc) is 2.86. The molecule has 0 aromatic heterocycles. The minimum absolute atomic E-state index is 0.180. The molecule has 0 amide bonds. The van der Waals surface area contributed by atoms with E-state index in [2.05, 4.69) is 55.5 Å². The van der Waals surface area contributed by atoms with Gasteiger partial charge in [0.1, 0.15) is 5.78 Å². The Balaban J connectivity index is 1.81. The molecule has 1 nitrogen and oxygen atoms in total. The van der Waals surface area contributed by atoms with Crippen molar-refractivity contribution in [2.24, 2.45) is 0 Å². The van der Waals surface area contributed by atoms with Crippen LogP contribution in [-0.4, -0.2) is 5.78 Å². The number of hydrogen-bond acceptors (Lipinski definition) is 1. The fraction of sp³-hybridized carbons (Fsp3) is 0.381. The van der Waals surface area contributed by atoms with Crippen LogP contribution in [0.1, 0.15) is 53.9 Å². The van der Waals surface area contributed by atoms with Crippen molar-refractivity contribution in [1.29, 1.82) is 0 Å². The number of carbonyl (C=O) groups excluding carboxylic acids is 1. The van der Waals surface area contributed by atoms with E-state index in [0.717, 1.165) is 32.1 Å². The maximum absolute atomic E-state index is 11.8. The van der Waals surface area contributed by atoms with E-state index in [1.165, 1.54) is 22.3 Å². The van der Waals surface area contributed by atoms with Crippen molar-refractivity contribution in [3.05, 3.63) is 70.8 Å². The molecule has 0 saturated heterocycles. The number of carbonyl (C=O) groups is 1. The molecule has 2 aromatic rings. The number of hydrogen-bond donors (Lipinski definition) is 0. The molecule has 0 aliphatic heterocycles. The van der Waals surface area contributed by atoms with Gasteiger partial charge in [-0.25, -0.2) is 0 Å². The van der Waals surface area contributed by atoms with E-state index >= 15 is 0 Å². The number of rotatable bonds is 1. The zero-order valence-electron chi connectivity index (χ0n) is 13.1. The molecule has 1 atom stereocenters. The lowest BCUT2D eigenvalue weighted by Crippen LogP contribution is -2.35. The fourth-order valence-corrected chi connectivity index (χ4v) is 4.62. The van der Waals surface area contributed by atoms with Crippen LogP contribution in [0, 0.1) is 6.92 Å². The van der Waals surface area contributed by atoms with E-state index in [9.17, 15) is 4.79 Å². The first-order chi connectivity index (χ1) is 10.7. The molecule has 2 aliphatic carbocycles. The van der Waals surface area contributed by atoms with E-state index in [1.807, 2.05) is 0 Å². The van der Waals surface area contributed by atoms with Gasteiger partial charge in [0.25, 0.3) is 0 Å². The number of benzene rings is 2. The minimum Gasteiger partial charge on any atom is -0.300 e. The molecule has 1 heteroatoms. The predicted octanol–water partition coefficient (Wildman–Crippen LogP) is 4.72. The van der Waals surface area contributed by atoms with E-state index in [4.69, 9.17) is 0 Å². The summed E-state index contributed by atoms with van der Waals surface area (Å²) in [4.78, 5) is 11.8. The van der Waals surface area contributed by atoms with Crippen molar-refractivity contribution < 1.29 is 4.79 Å². The van der Waals surface area contributed by atoms with E-state index in [0.29, 0.717) is 11.7 Å². The highest BCUT2D eigenvalue weighted by atomic mass is 16.1. The number of ketones is 1. The molecule has 0 N–H and O–H groups in total. The minimum atomic E-state index is 0.180. The lowest BCUT2D eigenvalue weighted by molar-refractivity contribution is -0.121. The Morgan fingerprint density at radius 2 is 1.64 bits per heavy atom. The monoisotopic (exact) mass is 290 g/mol. The van der Waals surface area contributed by atoms with Gasteiger partial charge in [-0.2, -0.15) is 0 Å². The van der Waals surface area contributed by atoms with Crippen LogP contribution in [0.25, 0.3) is 0 Å². The van der Waals surface area contributed by atoms with Crippen LogP contribution < -0.4 is 0 Å². The van der Waals surface area contributed by atoms with Gasteiger partial charge in [0.05, 0.1) is 0 Å². The predicted molar refractivity (Wildman–Crippen MR) is 89.2 cm³/mol. The number of aryl methyl sites for hydroxylation is 1. The van der Waals surface area contributed by atoms with E-state index in [-0.39, 0.29) is 5.41 Å². The molecule has 1 fully saturated rings. The summed E-state index contributed by atoms with van der Waals surface area (Å²) in [5.41, 5.74) is 5.93. The third kappa shape index (κ3) is 2.03. The Bertz CT molecular complexity index is 701. The van der Waals surface area contributed by atoms with Crippen molar-refractivity contribution >= 4 is 5.78 Å². The normalized spacial score (nSPS) is 22.8. The second-order valence-electron chi connectivity index (χ2n) is 7.02. The molecule has 1 unspecified atom stereocenters. The van der Waals surface area contributed by atoms with E-state index < -0.39 is 0 Å². The van der Waals surface area contributed by atoms with Crippen molar-refractivity contribution in [2.45, 2.75) is 50.4 Å². The molecule has 0 heterocycles. The van der Waals surface area contributed by atoms with Gasteiger partial charge >= 0.3 is 0 Å². The van der Waals surface area contributed by atoms with Gasteiger partial charge in [-0.15, -0.1) is 0 Å². The first-order valence-corrected chi connectivity index (χ1v) is 8.36. The molecular formula is C21H22O. The van der Waals surface area contributed by atoms with Crippen molar-refractivity contribution in [3.8, 4) is 0 Å². The number of Topliss-reactive ketones (excluding diaryl/α,β-unsaturated/α-hetero) is 1. The van der Waals surface area contributed by atoms with Crippen LogP contribution in [0.5, 0.6) is 0 Å². The zero-order chi connectivity index (χ0) is 15.2. The highest BCUT2D eigenvalue weighted by molar-refractivity contribution is 5.80. The first kappa shape index (κ1) is 13.8. The van der Waals surface area contributed by atoms with Gasteiger partial charge in [0.2, 0.25) is 0 Å². The third-order valence-electron chi connectivity index (χ3n) is 5.82. The summed E-state index contributed by atoms with van der Waals surface area (Å²) in [6, 6.07) is 17.9. The van der Waals surface area contributed by atoms with Crippen LogP contribution in [0.2, 0.25) is 0 Å². The van der Waals surface area contributed by atoms with Gasteiger partial charge in [-0.05, 0) is 48.8 Å². The smallest absolute Gasteiger partial charge is 0.132 e. The largest absolute Gasteiger partial charge is 0.300 e. The maximum atomic E-state index is 11.8. The molecule has 22 heavy (non-hydrogen) atoms. The molecule has 0 radical (unpaired) electrons. The van der Waals surface area contributed by atoms with Crippen LogP contribution in [0.4, 0.5) is 0 Å². The number of fused-ring (bicyclic) bond motifs is 2. The second-order valence-corrected chi connectivity index (χ2v) is 7.02. The highest BCUT2D eigenvalue weighted by Gasteiger charge is 2.48. The summed E-state index contributed by atoms with van der Waals surface area (Å²) in [5.74, 6) is 0.969. The standard InChI is InChI=1S/C21H22O/c1-15-6-8-16(9-7-15)20-14-17-4-2-3-5-19(17)21(20)12-10-18(22)11-13-21/h2-9,20H,10-14H2,1H3. The molecule has 2 aliphatic rings. The Morgan fingerprint density at radius 1 is 0.955 bits per heavy atom. The molecule has 1 spiro atoms. The van der Waals surface area contributed by atoms with Gasteiger partial charge in [0, 0.05) is 18.3 Å². The van der Waals surface area contributed by atoms with Crippen molar-refractivity contribution in [2.75, 3.05) is 0 Å². The SMILES string of the molecule is Cc1ccc(C2Cc3ccccc3C23CCC(=O)CC3)cc1. The fourth-order valence-electron chi connectivity index (χ4n) is 4.62. The molecule has 2 aromatic carbocycles. The highest BCUT2D eigenvalue weighted by Crippen LogP contribution is 2.55. The van der Waals surface area contributed by atoms with Crippen LogP contribution in [-0.2, 0) is 16.6 Å². The second kappa shape index (κ2) is 5.08. The summed E-state index contributed by atoms with van der Waals surface area (Å²) in [6.45, 7) is 2.14. The lowest BCUT2D eigenvalue weighted by atomic mass is 9.63. The Labute approximate surface area is 132 Å². The summed E-state index contributed by atoms with van der Waals surface area (Å²) < 4.78 is 0. The van der Waals surface area contributed by atoms with E-state index in [1.54, 1.807) is 0 Å². The van der Waals surface area contributed by atoms with Crippen molar-refractivity contribution in [1.82, 2.24) is 0 Å². The Hall–Kier alpha value is -1.89. The Kier molecular flexibility index (Phi) is 3.18. The molecule has 112 valence electrons. The van der Waals surface area contributed by atoms with Gasteiger partial charge in [-0.1, -0.05) is 54.1 Å². The molecule has 0 bridgehead atoms. The average molecular weight is 290 g/mol. The van der Waals surface area contributed by atoms with Gasteiger partial charge in [-0.3, -0.25) is 4.79 Å². The summed E-state index contributed by atoms with van der Waals surface area (Å²) in [5, 5.41) is 0. The summed E-state index contributed by atoms with van der Waals surface area (Å²) >= 11 is 0. The molecule has 4 rings (SSSR count). The quantitative estimate of drug-likeness (QED) is 0.743. The van der Waals surface area contributed by atoms with Gasteiger partial charge in [0.15, 0.2) is 0 Å². The first-order valence-electron chi connectivity index (χ1n) is 8.36. The van der Waals surface area contributed by atoms with Crippen molar-refractivity contribution in [3.63, 3.8) is 0 Å². The molecule has 1 saturated carbocycles. The lowest BCUT2D eigenvalue weighted by Gasteiger charge is -2.40. The third-order valence-corrected chi connectivity index (χ3v) is 5.82. The Morgan fingerprint density at radius 3 is 2.36 bits per heavy atom. The zero-order valence-corrected chi connectivity index (χ0v) is 13.1. The topological polar surface area (TPSA) is 17.1 Å². The molecular weight excluding hydrogens is 268 g/mol. The van der Waals surface area contributed by atoms with Crippen LogP contribution >= 0.6 is 0 Å². The van der Waals surface area contributed by atoms with Crippen LogP contribution in [0.15, 0.2) is 48.5 Å². The van der Waals surface area contributed by atoms with Gasteiger partial charge < -0.3 is 0 Å². The maximum Gasteiger partial charge on any atom is 0.132 e. The van der Waals surface area contributed by atoms with Crippen LogP contribution in [0.3, 0.4) is 0 Å². The summed E-state index contributed by atoms with van der Waals surface area (Å²) in [7, 11) is 0.